The highest BCUT2D eigenvalue weighted by Gasteiger charge is 2.16. The first-order valence-electron chi connectivity index (χ1n) is 6.54. The van der Waals surface area contributed by atoms with Crippen LogP contribution in [0.5, 0.6) is 0 Å². The van der Waals surface area contributed by atoms with Crippen molar-refractivity contribution in [1.29, 1.82) is 0 Å². The average Bonchev–Trinajstić information content (AvgIpc) is 3.17. The number of nitrogens with one attached hydrogen (secondary N) is 1. The number of aryl methyl sites for hydroxylation is 1. The smallest absolute Gasteiger partial charge is 0.127 e. The first-order valence-corrected chi connectivity index (χ1v) is 9.01. The molecule has 0 radical (unpaired) electrons. The third-order valence-corrected chi connectivity index (χ3v) is 6.40. The van der Waals surface area contributed by atoms with Crippen molar-refractivity contribution in [2.75, 3.05) is 5.32 Å². The molecule has 0 saturated heterocycles. The average molecular weight is 334 g/mol. The van der Waals surface area contributed by atoms with Gasteiger partial charge in [-0.15, -0.1) is 29.1 Å². The quantitative estimate of drug-likeness (QED) is 0.698. The zero-order valence-electron chi connectivity index (χ0n) is 11.6. The van der Waals surface area contributed by atoms with Crippen LogP contribution in [0, 0.1) is 19.3 Å². The molecule has 21 heavy (non-hydrogen) atoms. The van der Waals surface area contributed by atoms with Gasteiger partial charge in [0, 0.05) is 16.2 Å². The van der Waals surface area contributed by atoms with Crippen molar-refractivity contribution in [3.63, 3.8) is 0 Å². The molecule has 3 aromatic rings. The van der Waals surface area contributed by atoms with Crippen LogP contribution in [0.3, 0.4) is 0 Å². The number of hydrogen-bond acceptors (Lipinski definition) is 6. The Balaban J connectivity index is 1.84. The van der Waals surface area contributed by atoms with E-state index >= 15 is 0 Å². The van der Waals surface area contributed by atoms with Crippen LogP contribution in [0.2, 0.25) is 0 Å². The van der Waals surface area contributed by atoms with Gasteiger partial charge in [-0.05, 0) is 35.5 Å². The number of thiophene rings is 2. The molecule has 6 heteroatoms. The molecule has 3 rings (SSSR count). The van der Waals surface area contributed by atoms with Crippen LogP contribution in [0.15, 0.2) is 17.5 Å². The molecular formula is C15H15N3S3. The van der Waals surface area contributed by atoms with Crippen LogP contribution in [-0.2, 0) is 13.0 Å². The van der Waals surface area contributed by atoms with E-state index in [1.54, 1.807) is 22.7 Å². The maximum absolute atomic E-state index is 5.86. The Kier molecular flexibility index (Phi) is 4.27. The topological polar surface area (TPSA) is 50.9 Å². The molecule has 0 aliphatic heterocycles. The summed E-state index contributed by atoms with van der Waals surface area (Å²) in [6, 6.07) is 3.98. The Morgan fingerprint density at radius 3 is 3.10 bits per heavy atom. The molecule has 3 nitrogen and oxygen atoms in total. The van der Waals surface area contributed by atoms with Crippen molar-refractivity contribution < 1.29 is 0 Å². The van der Waals surface area contributed by atoms with Gasteiger partial charge in [0.25, 0.3) is 0 Å². The van der Waals surface area contributed by atoms with Crippen molar-refractivity contribution in [3.8, 4) is 12.3 Å². The lowest BCUT2D eigenvalue weighted by Gasteiger charge is -2.02. The van der Waals surface area contributed by atoms with Crippen molar-refractivity contribution >= 4 is 49.4 Å². The second kappa shape index (κ2) is 6.16. The number of hydrogen-bond donors (Lipinski definition) is 2. The maximum atomic E-state index is 5.86. The van der Waals surface area contributed by atoms with E-state index in [1.807, 2.05) is 0 Å². The fraction of sp³-hybridized carbons (Fsp3) is 0.267. The minimum atomic E-state index is -0.224. The monoisotopic (exact) mass is 333 g/mol. The van der Waals surface area contributed by atoms with E-state index in [-0.39, 0.29) is 6.04 Å². The summed E-state index contributed by atoms with van der Waals surface area (Å²) in [5, 5.41) is 6.71. The molecule has 0 fully saturated rings. The van der Waals surface area contributed by atoms with Crippen molar-refractivity contribution in [2.24, 2.45) is 5.73 Å². The third kappa shape index (κ3) is 2.97. The molecule has 0 aliphatic rings. The Hall–Kier alpha value is -1.39. The van der Waals surface area contributed by atoms with Crippen molar-refractivity contribution in [3.05, 3.63) is 32.8 Å². The number of terminal acetylenes is 1. The van der Waals surface area contributed by atoms with E-state index < -0.39 is 0 Å². The van der Waals surface area contributed by atoms with Gasteiger partial charge < -0.3 is 11.1 Å². The molecule has 3 aromatic heterocycles. The van der Waals surface area contributed by atoms with Gasteiger partial charge in [-0.25, -0.2) is 0 Å². The van der Waals surface area contributed by atoms with E-state index in [2.05, 4.69) is 40.0 Å². The van der Waals surface area contributed by atoms with Gasteiger partial charge in [0.15, 0.2) is 0 Å². The zero-order chi connectivity index (χ0) is 14.8. The van der Waals surface area contributed by atoms with Crippen molar-refractivity contribution in [2.45, 2.75) is 25.9 Å². The summed E-state index contributed by atoms with van der Waals surface area (Å²) in [4.78, 5) is 2.56. The van der Waals surface area contributed by atoms with Crippen molar-refractivity contribution in [1.82, 2.24) is 4.37 Å². The minimum absolute atomic E-state index is 0.224. The fourth-order valence-corrected chi connectivity index (χ4v) is 4.98. The van der Waals surface area contributed by atoms with Gasteiger partial charge in [0.05, 0.1) is 17.3 Å². The standard InChI is InChI=1S/C15H15N3S3/c1-3-10(16)7-12-9(2)13-14(20-12)15(21-18-13)17-8-11-5-4-6-19-11/h1,4-6,10,17H,7-8,16H2,2H3. The molecule has 0 saturated carbocycles. The van der Waals surface area contributed by atoms with Crippen LogP contribution >= 0.6 is 34.2 Å². The van der Waals surface area contributed by atoms with E-state index in [9.17, 15) is 0 Å². The largest absolute Gasteiger partial charge is 0.370 e. The minimum Gasteiger partial charge on any atom is -0.370 e. The zero-order valence-corrected chi connectivity index (χ0v) is 14.0. The lowest BCUT2D eigenvalue weighted by Crippen LogP contribution is -2.19. The molecule has 0 spiro atoms. The van der Waals surface area contributed by atoms with E-state index in [0.717, 1.165) is 23.5 Å². The summed E-state index contributed by atoms with van der Waals surface area (Å²) >= 11 is 5.03. The van der Waals surface area contributed by atoms with E-state index in [1.165, 1.54) is 31.6 Å². The Morgan fingerprint density at radius 1 is 1.52 bits per heavy atom. The summed E-state index contributed by atoms with van der Waals surface area (Å²) < 4.78 is 5.79. The molecule has 0 bridgehead atoms. The first kappa shape index (κ1) is 14.5. The highest BCUT2D eigenvalue weighted by molar-refractivity contribution is 7.24. The van der Waals surface area contributed by atoms with Gasteiger partial charge in [-0.3, -0.25) is 0 Å². The number of nitrogens with zero attached hydrogens (tertiary/aromatic N) is 1. The summed E-state index contributed by atoms with van der Waals surface area (Å²) in [5.41, 5.74) is 8.15. The van der Waals surface area contributed by atoms with E-state index in [0.29, 0.717) is 0 Å². The van der Waals surface area contributed by atoms with Gasteiger partial charge in [0.1, 0.15) is 10.5 Å². The van der Waals surface area contributed by atoms with Gasteiger partial charge in [-0.2, -0.15) is 4.37 Å². The molecular weight excluding hydrogens is 318 g/mol. The molecule has 1 atom stereocenters. The number of rotatable bonds is 5. The van der Waals surface area contributed by atoms with Crippen LogP contribution in [0.25, 0.3) is 10.2 Å². The van der Waals surface area contributed by atoms with Crippen LogP contribution < -0.4 is 11.1 Å². The normalized spacial score (nSPS) is 12.4. The van der Waals surface area contributed by atoms with E-state index in [4.69, 9.17) is 12.2 Å². The van der Waals surface area contributed by atoms with Gasteiger partial charge in [0.2, 0.25) is 0 Å². The van der Waals surface area contributed by atoms with Crippen LogP contribution in [-0.4, -0.2) is 10.4 Å². The summed E-state index contributed by atoms with van der Waals surface area (Å²) in [5.74, 6) is 2.59. The number of fused-ring (bicyclic) bond motifs is 1. The molecule has 0 aliphatic carbocycles. The molecule has 3 N–H and O–H groups in total. The number of aromatic nitrogens is 1. The highest BCUT2D eigenvalue weighted by atomic mass is 32.1. The molecule has 1 unspecified atom stereocenters. The molecule has 3 heterocycles. The molecule has 0 amide bonds. The third-order valence-electron chi connectivity index (χ3n) is 3.27. The molecule has 108 valence electrons. The fourth-order valence-electron chi connectivity index (χ4n) is 2.09. The summed E-state index contributed by atoms with van der Waals surface area (Å²) in [6.45, 7) is 2.94. The van der Waals surface area contributed by atoms with Gasteiger partial charge in [-0.1, -0.05) is 12.0 Å². The molecule has 0 aromatic carbocycles. The number of nitrogens with two attached hydrogens (primary N) is 1. The predicted octanol–water partition coefficient (Wildman–Crippen LogP) is 3.84. The Labute approximate surface area is 136 Å². The second-order valence-corrected chi connectivity index (χ2v) is 7.66. The van der Waals surface area contributed by atoms with Crippen LogP contribution in [0.4, 0.5) is 5.00 Å². The number of anilines is 1. The maximum Gasteiger partial charge on any atom is 0.127 e. The Morgan fingerprint density at radius 2 is 2.38 bits per heavy atom. The summed E-state index contributed by atoms with van der Waals surface area (Å²) in [7, 11) is 0. The second-order valence-electron chi connectivity index (χ2n) is 4.75. The van der Waals surface area contributed by atoms with Crippen LogP contribution in [0.1, 0.15) is 15.3 Å². The van der Waals surface area contributed by atoms with Gasteiger partial charge >= 0.3 is 0 Å². The predicted molar refractivity (Wildman–Crippen MR) is 94.4 cm³/mol. The summed E-state index contributed by atoms with van der Waals surface area (Å²) in [6.07, 6.45) is 6.10. The lowest BCUT2D eigenvalue weighted by molar-refractivity contribution is 0.844. The lowest BCUT2D eigenvalue weighted by atomic mass is 10.1. The first-order chi connectivity index (χ1) is 10.2. The SMILES string of the molecule is C#CC(N)Cc1sc2c(NCc3cccs3)snc2c1C. The Bertz CT molecular complexity index is 777. The highest BCUT2D eigenvalue weighted by Crippen LogP contribution is 2.38.